The van der Waals surface area contributed by atoms with E-state index in [0.717, 1.165) is 27.3 Å². The van der Waals surface area contributed by atoms with Crippen LogP contribution >= 0.6 is 0 Å². The van der Waals surface area contributed by atoms with E-state index in [1.807, 2.05) is 73.7 Å². The zero-order valence-electron chi connectivity index (χ0n) is 14.9. The van der Waals surface area contributed by atoms with Crippen molar-refractivity contribution >= 4 is 34.6 Å². The molecule has 0 fully saturated rings. The van der Waals surface area contributed by atoms with Gasteiger partial charge in [0.25, 0.3) is 0 Å². The fourth-order valence-corrected chi connectivity index (χ4v) is 3.03. The molecule has 0 aliphatic carbocycles. The highest BCUT2D eigenvalue weighted by atomic mass is 16.5. The van der Waals surface area contributed by atoms with E-state index in [4.69, 9.17) is 16.1 Å². The summed E-state index contributed by atoms with van der Waals surface area (Å²) in [5, 5.41) is 2.16. The van der Waals surface area contributed by atoms with Crippen LogP contribution in [0.2, 0.25) is 0 Å². The number of aryl methyl sites for hydroxylation is 1. The van der Waals surface area contributed by atoms with Gasteiger partial charge in [0.1, 0.15) is 6.04 Å². The minimum atomic E-state index is -0.720. The Morgan fingerprint density at radius 3 is 2.41 bits per heavy atom. The van der Waals surface area contributed by atoms with Crippen LogP contribution in [0.3, 0.4) is 0 Å². The molecule has 3 rings (SSSR count). The van der Waals surface area contributed by atoms with E-state index in [9.17, 15) is 4.79 Å². The molecule has 0 heterocycles. The molecule has 5 heteroatoms. The molecule has 4 nitrogen and oxygen atoms in total. The Bertz CT molecular complexity index is 891. The van der Waals surface area contributed by atoms with Crippen LogP contribution in [-0.4, -0.2) is 25.5 Å². The second-order valence-corrected chi connectivity index (χ2v) is 6.48. The number of nitrogens with two attached hydrogens (primary N) is 2. The molecule has 140 valence electrons. The van der Waals surface area contributed by atoms with Crippen LogP contribution in [-0.2, 0) is 9.45 Å². The van der Waals surface area contributed by atoms with Crippen molar-refractivity contribution in [1.82, 2.24) is 0 Å². The first-order valence-electron chi connectivity index (χ1n) is 8.80. The largest absolute Gasteiger partial charge is 0.525 e. The van der Waals surface area contributed by atoms with Gasteiger partial charge in [-0.15, -0.1) is 0 Å². The molecule has 0 saturated heterocycles. The lowest BCUT2D eigenvalue weighted by molar-refractivity contribution is -0.136. The number of hydrogen-bond donors (Lipinski definition) is 2. The first-order valence-corrected chi connectivity index (χ1v) is 8.80. The van der Waals surface area contributed by atoms with Crippen molar-refractivity contribution in [2.24, 2.45) is 11.5 Å². The maximum absolute atomic E-state index is 12.5. The lowest BCUT2D eigenvalue weighted by atomic mass is 9.54. The van der Waals surface area contributed by atoms with Gasteiger partial charge in [0.2, 0.25) is 0 Å². The summed E-state index contributed by atoms with van der Waals surface area (Å²) < 4.78 is 5.87. The lowest BCUT2D eigenvalue weighted by Crippen LogP contribution is -2.49. The first kappa shape index (κ1) is 20.7. The third kappa shape index (κ3) is 4.76. The van der Waals surface area contributed by atoms with Gasteiger partial charge in [0.05, 0.1) is 0 Å². The Hall–Kier alpha value is -2.63. The molecule has 0 bridgehead atoms. The van der Waals surface area contributed by atoms with E-state index in [1.165, 1.54) is 0 Å². The molecule has 0 spiro atoms. The third-order valence-corrected chi connectivity index (χ3v) is 4.50. The van der Waals surface area contributed by atoms with Crippen LogP contribution in [0.25, 0.3) is 10.8 Å². The van der Waals surface area contributed by atoms with Crippen LogP contribution in [0.15, 0.2) is 66.7 Å². The molecular formula is C22H27BN2O2. The Morgan fingerprint density at radius 1 is 1.04 bits per heavy atom. The van der Waals surface area contributed by atoms with Crippen molar-refractivity contribution < 1.29 is 9.45 Å². The van der Waals surface area contributed by atoms with Crippen molar-refractivity contribution in [3.8, 4) is 0 Å². The summed E-state index contributed by atoms with van der Waals surface area (Å²) in [5.74, 6) is -0.436. The topological polar surface area (TPSA) is 78.3 Å². The summed E-state index contributed by atoms with van der Waals surface area (Å²) in [4.78, 5) is 12.5. The highest BCUT2D eigenvalue weighted by Crippen LogP contribution is 2.13. The van der Waals surface area contributed by atoms with Gasteiger partial charge in [-0.25, -0.2) is 0 Å². The van der Waals surface area contributed by atoms with Crippen molar-refractivity contribution in [2.45, 2.75) is 26.8 Å². The Labute approximate surface area is 161 Å². The van der Waals surface area contributed by atoms with E-state index < -0.39 is 18.9 Å². The molecule has 1 unspecified atom stereocenters. The number of hydrogen-bond acceptors (Lipinski definition) is 4. The molecule has 0 saturated carbocycles. The summed E-state index contributed by atoms with van der Waals surface area (Å²) in [6.45, 7) is 1.86. The molecule has 3 aromatic carbocycles. The summed E-state index contributed by atoms with van der Waals surface area (Å²) in [7, 11) is 0. The minimum Gasteiger partial charge on any atom is -0.525 e. The van der Waals surface area contributed by atoms with Crippen molar-refractivity contribution in [3.63, 3.8) is 0 Å². The quantitative estimate of drug-likeness (QED) is 0.659. The molecule has 1 atom stereocenters. The zero-order valence-corrected chi connectivity index (χ0v) is 14.9. The van der Waals surface area contributed by atoms with Crippen molar-refractivity contribution in [2.75, 3.05) is 6.54 Å². The average molecular weight is 362 g/mol. The summed E-state index contributed by atoms with van der Waals surface area (Å²) in [5.41, 5.74) is 14.4. The molecular weight excluding hydrogens is 335 g/mol. The highest BCUT2D eigenvalue weighted by Gasteiger charge is 2.29. The summed E-state index contributed by atoms with van der Waals surface area (Å²) >= 11 is 0. The number of rotatable bonds is 6. The van der Waals surface area contributed by atoms with Gasteiger partial charge in [-0.05, 0) is 41.6 Å². The predicted octanol–water partition coefficient (Wildman–Crippen LogP) is 2.11. The third-order valence-electron chi connectivity index (χ3n) is 4.50. The normalized spacial score (nSPS) is 11.5. The fraction of sp³-hybridized carbons (Fsp3) is 0.227. The summed E-state index contributed by atoms with van der Waals surface area (Å²) in [6.07, 6.45) is 0.398. The van der Waals surface area contributed by atoms with E-state index in [2.05, 4.69) is 0 Å². The molecule has 0 radical (unpaired) electrons. The lowest BCUT2D eigenvalue weighted by Gasteiger charge is -2.19. The monoisotopic (exact) mass is 362 g/mol. The zero-order chi connectivity index (χ0) is 18.5. The second-order valence-electron chi connectivity index (χ2n) is 6.48. The van der Waals surface area contributed by atoms with Crippen molar-refractivity contribution in [3.05, 3.63) is 72.3 Å². The highest BCUT2D eigenvalue weighted by molar-refractivity contribution is 6.83. The molecule has 0 amide bonds. The smallest absolute Gasteiger partial charge is 0.430 e. The SMILES string of the molecule is C.Cc1ccc(B(OC(=O)C(N)CCN)c2cccc3ccccc23)cc1. The molecule has 0 aromatic heterocycles. The molecule has 0 aliphatic rings. The number of fused-ring (bicyclic) bond motifs is 1. The summed E-state index contributed by atoms with van der Waals surface area (Å²) in [6, 6.07) is 21.4. The Kier molecular flexibility index (Phi) is 7.16. The number of carbonyl (C=O) groups is 1. The van der Waals surface area contributed by atoms with Gasteiger partial charge >= 0.3 is 12.9 Å². The van der Waals surface area contributed by atoms with Gasteiger partial charge in [-0.2, -0.15) is 0 Å². The molecule has 4 N–H and O–H groups in total. The fourth-order valence-electron chi connectivity index (χ4n) is 3.03. The van der Waals surface area contributed by atoms with Crippen LogP contribution < -0.4 is 22.4 Å². The van der Waals surface area contributed by atoms with Crippen LogP contribution in [0.4, 0.5) is 0 Å². The number of benzene rings is 3. The van der Waals surface area contributed by atoms with Gasteiger partial charge in [0.15, 0.2) is 0 Å². The van der Waals surface area contributed by atoms with Gasteiger partial charge in [-0.1, -0.05) is 79.7 Å². The van der Waals surface area contributed by atoms with E-state index in [0.29, 0.717) is 13.0 Å². The Balaban J connectivity index is 0.00000261. The molecule has 27 heavy (non-hydrogen) atoms. The van der Waals surface area contributed by atoms with Crippen LogP contribution in [0.1, 0.15) is 19.4 Å². The molecule has 0 aliphatic heterocycles. The van der Waals surface area contributed by atoms with Gasteiger partial charge < -0.3 is 16.1 Å². The Morgan fingerprint density at radius 2 is 1.70 bits per heavy atom. The molecule has 3 aromatic rings. The standard InChI is InChI=1S/C21H23BN2O2.CH4/c1-15-9-11-17(12-10-15)22(26-21(25)20(24)13-14-23)19-8-4-6-16-5-2-3-7-18(16)19;/h2-12,20H,13-14,23-24H2,1H3;1H4. The predicted molar refractivity (Wildman–Crippen MR) is 115 cm³/mol. The minimum absolute atomic E-state index is 0. The van der Waals surface area contributed by atoms with Gasteiger partial charge in [0, 0.05) is 0 Å². The van der Waals surface area contributed by atoms with E-state index in [-0.39, 0.29) is 7.43 Å². The van der Waals surface area contributed by atoms with E-state index >= 15 is 0 Å². The van der Waals surface area contributed by atoms with E-state index in [1.54, 1.807) is 0 Å². The average Bonchev–Trinajstić information content (AvgIpc) is 2.66. The van der Waals surface area contributed by atoms with Crippen LogP contribution in [0, 0.1) is 6.92 Å². The van der Waals surface area contributed by atoms with Gasteiger partial charge in [-0.3, -0.25) is 4.79 Å². The maximum Gasteiger partial charge on any atom is 0.430 e. The first-order chi connectivity index (χ1) is 12.6. The maximum atomic E-state index is 12.5. The van der Waals surface area contributed by atoms with Crippen molar-refractivity contribution in [1.29, 1.82) is 0 Å². The second kappa shape index (κ2) is 9.35. The van der Waals surface area contributed by atoms with Crippen LogP contribution in [0.5, 0.6) is 0 Å². The number of carbonyl (C=O) groups excluding carboxylic acids is 1.